The second-order valence-corrected chi connectivity index (χ2v) is 8.28. The quantitative estimate of drug-likeness (QED) is 0.676. The minimum Gasteiger partial charge on any atom is -0.381 e. The maximum atomic E-state index is 12.6. The molecule has 1 unspecified atom stereocenters. The van der Waals surface area contributed by atoms with Gasteiger partial charge < -0.3 is 15.0 Å². The first kappa shape index (κ1) is 21.3. The highest BCUT2D eigenvalue weighted by Crippen LogP contribution is 2.39. The van der Waals surface area contributed by atoms with Crippen molar-refractivity contribution in [3.63, 3.8) is 0 Å². The van der Waals surface area contributed by atoms with Gasteiger partial charge in [-0.15, -0.1) is 0 Å². The van der Waals surface area contributed by atoms with Crippen LogP contribution < -0.4 is 4.90 Å². The van der Waals surface area contributed by atoms with Crippen LogP contribution in [-0.2, 0) is 16.0 Å². The molecule has 2 aliphatic heterocycles. The van der Waals surface area contributed by atoms with Crippen LogP contribution in [0.3, 0.4) is 0 Å². The number of hydrogen-bond donors (Lipinski definition) is 1. The molecule has 0 aliphatic carbocycles. The van der Waals surface area contributed by atoms with Crippen molar-refractivity contribution in [2.45, 2.75) is 46.5 Å². The van der Waals surface area contributed by atoms with Gasteiger partial charge in [-0.2, -0.15) is 0 Å². The molecule has 162 valence electrons. The van der Waals surface area contributed by atoms with E-state index >= 15 is 0 Å². The SMILES string of the molecule is CCC(CC(=N)C(=O)C1CCOC1)=Nc1c(C)ncnc1N1CCc2cc(C)ccc21. The van der Waals surface area contributed by atoms with E-state index in [0.717, 1.165) is 41.6 Å². The highest BCUT2D eigenvalue weighted by atomic mass is 16.5. The first-order valence-corrected chi connectivity index (χ1v) is 10.9. The number of carbonyl (C=O) groups excluding carboxylic acids is 1. The standard InChI is InChI=1S/C24H29N5O2/c1-4-19(12-20(25)23(30)18-8-10-31-13-18)28-22-16(3)26-14-27-24(22)29-9-7-17-11-15(2)5-6-21(17)29/h5-6,11,14,18,25H,4,7-10,12-13H2,1-3H3. The van der Waals surface area contributed by atoms with E-state index in [2.05, 4.69) is 40.0 Å². The predicted molar refractivity (Wildman–Crippen MR) is 122 cm³/mol. The summed E-state index contributed by atoms with van der Waals surface area (Å²) in [6.07, 6.45) is 4.14. The topological polar surface area (TPSA) is 91.5 Å². The molecule has 1 aromatic carbocycles. The summed E-state index contributed by atoms with van der Waals surface area (Å²) in [4.78, 5) is 28.6. The zero-order valence-corrected chi connectivity index (χ0v) is 18.4. The fraction of sp³-hybridized carbons (Fsp3) is 0.458. The van der Waals surface area contributed by atoms with Gasteiger partial charge in [-0.25, -0.2) is 9.97 Å². The number of anilines is 2. The molecule has 0 spiro atoms. The maximum Gasteiger partial charge on any atom is 0.182 e. The Morgan fingerprint density at radius 1 is 1.32 bits per heavy atom. The van der Waals surface area contributed by atoms with E-state index in [1.807, 2.05) is 13.8 Å². The maximum absolute atomic E-state index is 12.6. The van der Waals surface area contributed by atoms with Crippen LogP contribution in [0.15, 0.2) is 29.5 Å². The Hall–Kier alpha value is -2.93. The van der Waals surface area contributed by atoms with Crippen molar-refractivity contribution in [2.75, 3.05) is 24.7 Å². The molecule has 2 aliphatic rings. The third kappa shape index (κ3) is 4.42. The fourth-order valence-corrected chi connectivity index (χ4v) is 4.21. The predicted octanol–water partition coefficient (Wildman–Crippen LogP) is 4.29. The Kier molecular flexibility index (Phi) is 6.23. The van der Waals surface area contributed by atoms with Gasteiger partial charge in [0.2, 0.25) is 0 Å². The highest BCUT2D eigenvalue weighted by molar-refractivity contribution is 6.42. The molecule has 0 bridgehead atoms. The number of hydrogen-bond acceptors (Lipinski definition) is 7. The van der Waals surface area contributed by atoms with Gasteiger partial charge in [-0.05, 0) is 44.7 Å². The van der Waals surface area contributed by atoms with Crippen LogP contribution in [0.1, 0.15) is 43.0 Å². The molecule has 2 aromatic rings. The summed E-state index contributed by atoms with van der Waals surface area (Å²) in [6.45, 7) is 7.89. The van der Waals surface area contributed by atoms with Gasteiger partial charge in [0.15, 0.2) is 11.6 Å². The third-order valence-corrected chi connectivity index (χ3v) is 6.03. The van der Waals surface area contributed by atoms with Crippen LogP contribution in [0.5, 0.6) is 0 Å². The van der Waals surface area contributed by atoms with Gasteiger partial charge in [0.25, 0.3) is 0 Å². The van der Waals surface area contributed by atoms with E-state index in [-0.39, 0.29) is 23.8 Å². The number of ketones is 1. The summed E-state index contributed by atoms with van der Waals surface area (Å²) in [5, 5.41) is 8.32. The van der Waals surface area contributed by atoms with Crippen LogP contribution in [0, 0.1) is 25.2 Å². The fourth-order valence-electron chi connectivity index (χ4n) is 4.21. The van der Waals surface area contributed by atoms with Crippen LogP contribution >= 0.6 is 0 Å². The van der Waals surface area contributed by atoms with E-state index in [1.165, 1.54) is 11.1 Å². The van der Waals surface area contributed by atoms with Crippen LogP contribution in [0.2, 0.25) is 0 Å². The van der Waals surface area contributed by atoms with E-state index in [4.69, 9.17) is 15.1 Å². The monoisotopic (exact) mass is 419 g/mol. The van der Waals surface area contributed by atoms with Crippen molar-refractivity contribution in [2.24, 2.45) is 10.9 Å². The number of benzene rings is 1. The lowest BCUT2D eigenvalue weighted by Gasteiger charge is -2.21. The molecule has 7 nitrogen and oxygen atoms in total. The first-order chi connectivity index (χ1) is 15.0. The largest absolute Gasteiger partial charge is 0.381 e. The van der Waals surface area contributed by atoms with Gasteiger partial charge in [-0.1, -0.05) is 24.6 Å². The van der Waals surface area contributed by atoms with Gasteiger partial charge in [0.05, 0.1) is 18.0 Å². The van der Waals surface area contributed by atoms with E-state index in [1.54, 1.807) is 6.33 Å². The van der Waals surface area contributed by atoms with E-state index in [9.17, 15) is 4.79 Å². The van der Waals surface area contributed by atoms with Gasteiger partial charge in [0, 0.05) is 36.9 Å². The Balaban J connectivity index is 1.63. The molecule has 0 saturated carbocycles. The number of ether oxygens (including phenoxy) is 1. The second-order valence-electron chi connectivity index (χ2n) is 8.28. The Labute approximate surface area is 183 Å². The summed E-state index contributed by atoms with van der Waals surface area (Å²) >= 11 is 0. The first-order valence-electron chi connectivity index (χ1n) is 10.9. The van der Waals surface area contributed by atoms with Crippen molar-refractivity contribution >= 4 is 34.4 Å². The summed E-state index contributed by atoms with van der Waals surface area (Å²) in [5.74, 6) is 0.472. The molecule has 0 amide bonds. The molecule has 1 N–H and O–H groups in total. The molecular formula is C24H29N5O2. The number of Topliss-reactive ketones (excluding diaryl/α,β-unsaturated/α-hetero) is 1. The summed E-state index contributed by atoms with van der Waals surface area (Å²) in [6, 6.07) is 6.48. The van der Waals surface area contributed by atoms with Crippen molar-refractivity contribution < 1.29 is 9.53 Å². The minimum atomic E-state index is -0.187. The molecule has 7 heteroatoms. The van der Waals surface area contributed by atoms with Crippen LogP contribution in [0.4, 0.5) is 17.2 Å². The molecule has 31 heavy (non-hydrogen) atoms. The molecule has 4 rings (SSSR count). The van der Waals surface area contributed by atoms with Crippen molar-refractivity contribution in [1.29, 1.82) is 5.41 Å². The lowest BCUT2D eigenvalue weighted by Crippen LogP contribution is -2.25. The van der Waals surface area contributed by atoms with Crippen LogP contribution in [0.25, 0.3) is 0 Å². The highest BCUT2D eigenvalue weighted by Gasteiger charge is 2.28. The summed E-state index contributed by atoms with van der Waals surface area (Å²) in [5.41, 5.74) is 6.13. The number of aromatic nitrogens is 2. The number of nitrogens with one attached hydrogen (secondary N) is 1. The van der Waals surface area contributed by atoms with Gasteiger partial charge in [0.1, 0.15) is 12.0 Å². The van der Waals surface area contributed by atoms with Gasteiger partial charge >= 0.3 is 0 Å². The minimum absolute atomic E-state index is 0.106. The molecule has 1 fully saturated rings. The zero-order valence-electron chi connectivity index (χ0n) is 18.4. The van der Waals surface area contributed by atoms with Crippen LogP contribution in [-0.4, -0.2) is 46.9 Å². The number of rotatable bonds is 7. The number of aliphatic imine (C=N–C) groups is 1. The second kappa shape index (κ2) is 9.06. The van der Waals surface area contributed by atoms with Crippen molar-refractivity contribution in [3.8, 4) is 0 Å². The number of aryl methyl sites for hydroxylation is 2. The molecule has 1 atom stereocenters. The lowest BCUT2D eigenvalue weighted by atomic mass is 9.96. The third-order valence-electron chi connectivity index (χ3n) is 6.03. The lowest BCUT2D eigenvalue weighted by molar-refractivity contribution is -0.116. The molecule has 1 saturated heterocycles. The number of fused-ring (bicyclic) bond motifs is 1. The summed E-state index contributed by atoms with van der Waals surface area (Å²) < 4.78 is 5.31. The molecular weight excluding hydrogens is 390 g/mol. The molecule has 1 aromatic heterocycles. The van der Waals surface area contributed by atoms with Gasteiger partial charge in [-0.3, -0.25) is 9.79 Å². The number of carbonyl (C=O) groups is 1. The average molecular weight is 420 g/mol. The number of nitrogens with zero attached hydrogens (tertiary/aromatic N) is 4. The van der Waals surface area contributed by atoms with E-state index in [0.29, 0.717) is 26.1 Å². The Bertz CT molecular complexity index is 1040. The zero-order chi connectivity index (χ0) is 22.0. The molecule has 3 heterocycles. The molecule has 0 radical (unpaired) electrons. The summed E-state index contributed by atoms with van der Waals surface area (Å²) in [7, 11) is 0. The normalized spacial score (nSPS) is 18.4. The van der Waals surface area contributed by atoms with Crippen molar-refractivity contribution in [3.05, 3.63) is 41.3 Å². The Morgan fingerprint density at radius 2 is 2.16 bits per heavy atom. The average Bonchev–Trinajstić information content (AvgIpc) is 3.43. The van der Waals surface area contributed by atoms with Crippen molar-refractivity contribution in [1.82, 2.24) is 9.97 Å². The smallest absolute Gasteiger partial charge is 0.182 e. The van der Waals surface area contributed by atoms with E-state index < -0.39 is 0 Å². The Morgan fingerprint density at radius 3 is 2.90 bits per heavy atom.